The molecular formula is C27H30LiN5O3S2. The van der Waals surface area contributed by atoms with Gasteiger partial charge in [-0.2, -0.15) is 0 Å². The van der Waals surface area contributed by atoms with Crippen molar-refractivity contribution in [1.82, 2.24) is 14.8 Å². The van der Waals surface area contributed by atoms with Gasteiger partial charge >= 0.3 is 18.9 Å². The molecule has 0 aliphatic heterocycles. The van der Waals surface area contributed by atoms with Crippen LogP contribution in [-0.2, 0) is 16.0 Å². The normalized spacial score (nSPS) is 12.4. The molecule has 1 heterocycles. The van der Waals surface area contributed by atoms with E-state index in [1.165, 1.54) is 5.56 Å². The standard InChI is InChI=1S/C27H31N5O3S2.Li/c1-18-7-5-8-19-9-6-10-22(25(18)19)31(17-24(34)35)16-4-2-3-11-23(33)28-20-12-14-21(15-13-20)32-26(36)29-30-27(32)37;/h6,9-10,12-15H,1-5,7-8,11,16-17H2,(H,28,33)(H,29,36)(H,30,37)(H,34,35);/q;+1/p-1. The summed E-state index contributed by atoms with van der Waals surface area (Å²) in [5.41, 5.74) is 5.77. The molecule has 0 radical (unpaired) electrons. The van der Waals surface area contributed by atoms with Crippen molar-refractivity contribution in [2.45, 2.75) is 44.9 Å². The van der Waals surface area contributed by atoms with E-state index in [0.29, 0.717) is 34.6 Å². The number of aromatic amines is 2. The number of nitrogens with one attached hydrogen (secondary N) is 3. The Balaban J connectivity index is 0.00000400. The van der Waals surface area contributed by atoms with E-state index in [0.717, 1.165) is 54.6 Å². The Morgan fingerprint density at radius 2 is 1.74 bits per heavy atom. The molecule has 0 unspecified atom stereocenters. The second kappa shape index (κ2) is 13.8. The zero-order valence-electron chi connectivity index (χ0n) is 21.5. The van der Waals surface area contributed by atoms with Crippen LogP contribution in [0.4, 0.5) is 11.4 Å². The summed E-state index contributed by atoms with van der Waals surface area (Å²) in [6.07, 6.45) is 5.63. The molecule has 38 heavy (non-hydrogen) atoms. The summed E-state index contributed by atoms with van der Waals surface area (Å²) >= 11 is 10.4. The Morgan fingerprint density at radius 3 is 2.42 bits per heavy atom. The number of aromatic nitrogens is 3. The summed E-state index contributed by atoms with van der Waals surface area (Å²) in [6, 6.07) is 13.3. The predicted octanol–water partition coefficient (Wildman–Crippen LogP) is 1.70. The number of carboxylic acid groups (broad SMARTS) is 1. The molecule has 0 bridgehead atoms. The van der Waals surface area contributed by atoms with Gasteiger partial charge < -0.3 is 20.1 Å². The first-order chi connectivity index (χ1) is 17.8. The zero-order valence-corrected chi connectivity index (χ0v) is 23.2. The molecule has 3 aromatic rings. The van der Waals surface area contributed by atoms with Gasteiger partial charge in [0.2, 0.25) is 5.91 Å². The van der Waals surface area contributed by atoms with E-state index in [4.69, 9.17) is 24.4 Å². The van der Waals surface area contributed by atoms with Crippen molar-refractivity contribution < 1.29 is 33.6 Å². The molecule has 1 aromatic heterocycles. The van der Waals surface area contributed by atoms with Crippen LogP contribution in [0, 0.1) is 9.54 Å². The summed E-state index contributed by atoms with van der Waals surface area (Å²) in [5, 5.41) is 20.0. The Hall–Kier alpha value is -2.90. The smallest absolute Gasteiger partial charge is 0.548 e. The molecule has 2 aromatic carbocycles. The van der Waals surface area contributed by atoms with Gasteiger partial charge in [-0.25, -0.2) is 0 Å². The number of hydrogen-bond acceptors (Lipinski definition) is 6. The van der Waals surface area contributed by atoms with Crippen molar-refractivity contribution in [3.05, 3.63) is 69.7 Å². The number of carboxylic acids is 1. The summed E-state index contributed by atoms with van der Waals surface area (Å²) < 4.78 is 2.63. The third-order valence-corrected chi connectivity index (χ3v) is 7.06. The first-order valence-electron chi connectivity index (χ1n) is 12.4. The second-order valence-corrected chi connectivity index (χ2v) is 9.94. The fourth-order valence-corrected chi connectivity index (χ4v) is 5.31. The van der Waals surface area contributed by atoms with Crippen molar-refractivity contribution >= 4 is 53.3 Å². The molecule has 1 aliphatic rings. The van der Waals surface area contributed by atoms with Crippen LogP contribution < -0.4 is 34.2 Å². The molecular weight excluding hydrogens is 513 g/mol. The van der Waals surface area contributed by atoms with E-state index in [-0.39, 0.29) is 31.3 Å². The van der Waals surface area contributed by atoms with Crippen LogP contribution in [0.3, 0.4) is 0 Å². The van der Waals surface area contributed by atoms with Crippen molar-refractivity contribution in [3.63, 3.8) is 0 Å². The summed E-state index contributed by atoms with van der Waals surface area (Å²) in [6.45, 7) is 4.63. The minimum absolute atomic E-state index is 0. The number of nitrogens with zero attached hydrogens (tertiary/aromatic N) is 2. The van der Waals surface area contributed by atoms with Gasteiger partial charge in [0.1, 0.15) is 0 Å². The molecule has 194 valence electrons. The number of unbranched alkanes of at least 4 members (excludes halogenated alkanes) is 2. The van der Waals surface area contributed by atoms with Crippen LogP contribution in [0.25, 0.3) is 11.3 Å². The summed E-state index contributed by atoms with van der Waals surface area (Å²) in [5.74, 6) is -1.17. The Labute approximate surface area is 244 Å². The molecule has 0 saturated carbocycles. The van der Waals surface area contributed by atoms with Gasteiger partial charge in [0.05, 0.1) is 18.2 Å². The monoisotopic (exact) mass is 543 g/mol. The van der Waals surface area contributed by atoms with Gasteiger partial charge in [-0.05, 0) is 98.0 Å². The second-order valence-electron chi connectivity index (χ2n) is 9.16. The fraction of sp³-hybridized carbons (Fsp3) is 0.333. The van der Waals surface area contributed by atoms with Crippen molar-refractivity contribution in [2.24, 2.45) is 0 Å². The number of aryl methyl sites for hydroxylation is 1. The number of rotatable bonds is 11. The van der Waals surface area contributed by atoms with Gasteiger partial charge in [0.25, 0.3) is 0 Å². The van der Waals surface area contributed by atoms with Crippen LogP contribution in [-0.4, -0.2) is 39.7 Å². The molecule has 0 saturated heterocycles. The predicted molar refractivity (Wildman–Crippen MR) is 149 cm³/mol. The Bertz CT molecular complexity index is 1380. The largest absolute Gasteiger partial charge is 1.00 e. The quantitative estimate of drug-likeness (QED) is 0.193. The number of carbonyl (C=O) groups excluding carboxylic acids is 2. The number of amides is 1. The molecule has 3 N–H and O–H groups in total. The van der Waals surface area contributed by atoms with Crippen LogP contribution in [0.15, 0.2) is 49.0 Å². The number of benzene rings is 2. The number of aliphatic carboxylic acids is 1. The Kier molecular flexibility index (Phi) is 10.7. The Morgan fingerprint density at radius 1 is 1.03 bits per heavy atom. The van der Waals surface area contributed by atoms with Crippen molar-refractivity contribution in [1.29, 1.82) is 0 Å². The molecule has 1 aliphatic carbocycles. The maximum Gasteiger partial charge on any atom is 1.00 e. The SMILES string of the molecule is C=C1CCCc2cccc(N(CCCCCC(=O)Nc3ccc(-n4c(=S)[nH][nH]c4=S)cc3)CC(=O)[O-])c21.[Li+]. The summed E-state index contributed by atoms with van der Waals surface area (Å²) in [4.78, 5) is 25.8. The average molecular weight is 544 g/mol. The van der Waals surface area contributed by atoms with Gasteiger partial charge in [-0.3, -0.25) is 19.6 Å². The number of allylic oxidation sites excluding steroid dienone is 1. The van der Waals surface area contributed by atoms with Crippen LogP contribution >= 0.6 is 24.4 Å². The van der Waals surface area contributed by atoms with E-state index >= 15 is 0 Å². The minimum Gasteiger partial charge on any atom is -0.548 e. The molecule has 0 atom stereocenters. The van der Waals surface area contributed by atoms with Crippen molar-refractivity contribution in [2.75, 3.05) is 23.3 Å². The van der Waals surface area contributed by atoms with Gasteiger partial charge in [0, 0.05) is 29.9 Å². The topological polar surface area (TPSA) is 109 Å². The van der Waals surface area contributed by atoms with E-state index in [9.17, 15) is 14.7 Å². The number of carbonyl (C=O) groups is 2. The average Bonchev–Trinajstić information content (AvgIpc) is 3.21. The fourth-order valence-electron chi connectivity index (χ4n) is 4.75. The minimum atomic E-state index is -1.11. The maximum absolute atomic E-state index is 12.4. The number of fused-ring (bicyclic) bond motifs is 1. The van der Waals surface area contributed by atoms with Crippen LogP contribution in [0.5, 0.6) is 0 Å². The van der Waals surface area contributed by atoms with E-state index in [1.807, 2.05) is 41.3 Å². The molecule has 1 amide bonds. The molecule has 0 spiro atoms. The van der Waals surface area contributed by atoms with E-state index in [2.05, 4.69) is 28.2 Å². The number of H-pyrrole nitrogens is 2. The summed E-state index contributed by atoms with van der Waals surface area (Å²) in [7, 11) is 0. The van der Waals surface area contributed by atoms with E-state index in [1.54, 1.807) is 4.57 Å². The van der Waals surface area contributed by atoms with Gasteiger partial charge in [-0.15, -0.1) is 0 Å². The van der Waals surface area contributed by atoms with Gasteiger partial charge in [-0.1, -0.05) is 25.1 Å². The third kappa shape index (κ3) is 7.35. The zero-order chi connectivity index (χ0) is 26.4. The first-order valence-corrected chi connectivity index (χ1v) is 13.2. The number of hydrogen-bond donors (Lipinski definition) is 3. The molecule has 8 nitrogen and oxygen atoms in total. The van der Waals surface area contributed by atoms with Crippen LogP contribution in [0.2, 0.25) is 0 Å². The van der Waals surface area contributed by atoms with Crippen molar-refractivity contribution in [3.8, 4) is 5.69 Å². The number of anilines is 2. The van der Waals surface area contributed by atoms with Gasteiger partial charge in [0.15, 0.2) is 9.54 Å². The van der Waals surface area contributed by atoms with E-state index < -0.39 is 5.97 Å². The molecule has 11 heteroatoms. The molecule has 4 rings (SSSR count). The first kappa shape index (κ1) is 29.7. The molecule has 0 fully saturated rings. The van der Waals surface area contributed by atoms with Crippen LogP contribution in [0.1, 0.15) is 49.7 Å². The maximum atomic E-state index is 12.4. The third-order valence-electron chi connectivity index (χ3n) is 6.49.